The van der Waals surface area contributed by atoms with Crippen LogP contribution < -0.4 is 11.1 Å². The summed E-state index contributed by atoms with van der Waals surface area (Å²) in [4.78, 5) is 22.4. The lowest BCUT2D eigenvalue weighted by atomic mass is 9.96. The molecule has 1 amide bonds. The van der Waals surface area contributed by atoms with Crippen LogP contribution in [0.1, 0.15) is 32.6 Å². The maximum Gasteiger partial charge on any atom is 0.293 e. The average molecular weight is 358 g/mol. The van der Waals surface area contributed by atoms with E-state index in [1.54, 1.807) is 6.07 Å². The molecule has 1 aromatic rings. The van der Waals surface area contributed by atoms with Crippen molar-refractivity contribution in [1.82, 2.24) is 0 Å². The van der Waals surface area contributed by atoms with E-state index >= 15 is 0 Å². The van der Waals surface area contributed by atoms with Gasteiger partial charge in [-0.25, -0.2) is 0 Å². The van der Waals surface area contributed by atoms with Gasteiger partial charge in [-0.2, -0.15) is 0 Å². The number of nitrogens with two attached hydrogens (primary N) is 1. The smallest absolute Gasteiger partial charge is 0.293 e. The average Bonchev–Trinajstić information content (AvgIpc) is 2.45. The Morgan fingerprint density at radius 1 is 1.48 bits per heavy atom. The maximum absolute atomic E-state index is 11.9. The first kappa shape index (κ1) is 17.6. The Labute approximate surface area is 132 Å². The van der Waals surface area contributed by atoms with Gasteiger partial charge in [0, 0.05) is 17.0 Å². The van der Waals surface area contributed by atoms with Gasteiger partial charge in [-0.05, 0) is 37.4 Å². The lowest BCUT2D eigenvalue weighted by Crippen LogP contribution is -2.15. The second-order valence-corrected chi connectivity index (χ2v) is 5.77. The predicted molar refractivity (Wildman–Crippen MR) is 86.1 cm³/mol. The first-order valence-corrected chi connectivity index (χ1v) is 7.71. The molecular formula is C14H20BrN3O3. The van der Waals surface area contributed by atoms with E-state index in [1.807, 2.05) is 0 Å². The molecule has 1 aromatic carbocycles. The van der Waals surface area contributed by atoms with Crippen molar-refractivity contribution in [2.75, 3.05) is 11.9 Å². The highest BCUT2D eigenvalue weighted by Gasteiger charge is 2.17. The molecule has 7 heteroatoms. The molecule has 0 radical (unpaired) electrons. The third-order valence-electron chi connectivity index (χ3n) is 3.36. The van der Waals surface area contributed by atoms with E-state index in [4.69, 9.17) is 5.73 Å². The summed E-state index contributed by atoms with van der Waals surface area (Å²) in [6.07, 6.45) is 2.95. The molecule has 0 aliphatic carbocycles. The summed E-state index contributed by atoms with van der Waals surface area (Å²) in [6, 6.07) is 4.56. The highest BCUT2D eigenvalue weighted by atomic mass is 79.9. The Bertz CT molecular complexity index is 508. The summed E-state index contributed by atoms with van der Waals surface area (Å²) in [5.41, 5.74) is 5.63. The highest BCUT2D eigenvalue weighted by molar-refractivity contribution is 9.10. The molecule has 1 atom stereocenters. The normalized spacial score (nSPS) is 12.0. The highest BCUT2D eigenvalue weighted by Crippen LogP contribution is 2.28. The molecular weight excluding hydrogens is 338 g/mol. The Balaban J connectivity index is 2.65. The molecule has 6 nitrogen and oxygen atoms in total. The van der Waals surface area contributed by atoms with Crippen LogP contribution in [0.4, 0.5) is 11.4 Å². The van der Waals surface area contributed by atoms with Crippen LogP contribution in [0.5, 0.6) is 0 Å². The monoisotopic (exact) mass is 357 g/mol. The van der Waals surface area contributed by atoms with Gasteiger partial charge in [0.1, 0.15) is 5.69 Å². The van der Waals surface area contributed by atoms with Crippen LogP contribution in [0, 0.1) is 16.0 Å². The Morgan fingerprint density at radius 2 is 2.19 bits per heavy atom. The van der Waals surface area contributed by atoms with Crippen LogP contribution in [-0.4, -0.2) is 17.4 Å². The van der Waals surface area contributed by atoms with Crippen molar-refractivity contribution in [2.45, 2.75) is 32.6 Å². The van der Waals surface area contributed by atoms with Gasteiger partial charge < -0.3 is 11.1 Å². The maximum atomic E-state index is 11.9. The first-order valence-electron chi connectivity index (χ1n) is 6.91. The number of nitro benzene ring substituents is 1. The molecule has 0 fully saturated rings. The fourth-order valence-corrected chi connectivity index (χ4v) is 2.45. The number of anilines is 1. The zero-order chi connectivity index (χ0) is 15.8. The summed E-state index contributed by atoms with van der Waals surface area (Å²) >= 11 is 3.18. The summed E-state index contributed by atoms with van der Waals surface area (Å²) in [5, 5.41) is 13.6. The quantitative estimate of drug-likeness (QED) is 0.549. The molecule has 0 aliphatic rings. The van der Waals surface area contributed by atoms with Gasteiger partial charge in [0.25, 0.3) is 5.69 Å². The number of benzene rings is 1. The Hall–Kier alpha value is -1.47. The topological polar surface area (TPSA) is 98.3 Å². The second kappa shape index (κ2) is 8.74. The zero-order valence-electron chi connectivity index (χ0n) is 12.0. The van der Waals surface area contributed by atoms with Gasteiger partial charge in [0.2, 0.25) is 5.91 Å². The molecule has 0 aliphatic heterocycles. The van der Waals surface area contributed by atoms with E-state index in [0.29, 0.717) is 23.4 Å². The van der Waals surface area contributed by atoms with Crippen molar-refractivity contribution in [2.24, 2.45) is 11.7 Å². The molecule has 0 heterocycles. The van der Waals surface area contributed by atoms with Gasteiger partial charge in [-0.1, -0.05) is 29.3 Å². The van der Waals surface area contributed by atoms with E-state index in [1.165, 1.54) is 12.1 Å². The zero-order valence-corrected chi connectivity index (χ0v) is 13.6. The number of carbonyl (C=O) groups is 1. The van der Waals surface area contributed by atoms with Crippen LogP contribution in [0.25, 0.3) is 0 Å². The third kappa shape index (κ3) is 5.81. The minimum atomic E-state index is -0.510. The van der Waals surface area contributed by atoms with Crippen LogP contribution in [0.15, 0.2) is 22.7 Å². The number of nitrogens with zero attached hydrogens (tertiary/aromatic N) is 1. The number of halogens is 1. The van der Waals surface area contributed by atoms with E-state index in [2.05, 4.69) is 28.2 Å². The van der Waals surface area contributed by atoms with E-state index in [-0.39, 0.29) is 17.3 Å². The van der Waals surface area contributed by atoms with E-state index < -0.39 is 4.92 Å². The molecule has 1 unspecified atom stereocenters. The molecule has 0 aromatic heterocycles. The molecule has 0 saturated heterocycles. The predicted octanol–water partition coefficient (Wildman–Crippen LogP) is 3.45. The molecule has 21 heavy (non-hydrogen) atoms. The lowest BCUT2D eigenvalue weighted by molar-refractivity contribution is -0.384. The number of hydrogen-bond donors (Lipinski definition) is 2. The summed E-state index contributed by atoms with van der Waals surface area (Å²) in [7, 11) is 0. The van der Waals surface area contributed by atoms with Crippen molar-refractivity contribution >= 4 is 33.2 Å². The molecule has 1 rings (SSSR count). The number of amides is 1. The minimum Gasteiger partial charge on any atom is -0.330 e. The van der Waals surface area contributed by atoms with Crippen LogP contribution in [0.2, 0.25) is 0 Å². The number of hydrogen-bond acceptors (Lipinski definition) is 4. The van der Waals surface area contributed by atoms with E-state index in [0.717, 1.165) is 19.3 Å². The second-order valence-electron chi connectivity index (χ2n) is 4.86. The number of carbonyl (C=O) groups excluding carboxylic acids is 1. The van der Waals surface area contributed by atoms with Crippen molar-refractivity contribution in [1.29, 1.82) is 0 Å². The van der Waals surface area contributed by atoms with Crippen LogP contribution in [0.3, 0.4) is 0 Å². The summed E-state index contributed by atoms with van der Waals surface area (Å²) in [6.45, 7) is 2.68. The van der Waals surface area contributed by atoms with Gasteiger partial charge in [0.05, 0.1) is 4.92 Å². The summed E-state index contributed by atoms with van der Waals surface area (Å²) < 4.78 is 0.598. The first-order chi connectivity index (χ1) is 9.97. The SMILES string of the molecule is CCC(CCN)CCC(=O)Nc1ccc(Br)cc1[N+](=O)[O-]. The van der Waals surface area contributed by atoms with Gasteiger partial charge >= 0.3 is 0 Å². The fraction of sp³-hybridized carbons (Fsp3) is 0.500. The fourth-order valence-electron chi connectivity index (χ4n) is 2.10. The van der Waals surface area contributed by atoms with Crippen molar-refractivity contribution in [3.63, 3.8) is 0 Å². The molecule has 0 bridgehead atoms. The van der Waals surface area contributed by atoms with Crippen molar-refractivity contribution in [3.8, 4) is 0 Å². The Morgan fingerprint density at radius 3 is 2.76 bits per heavy atom. The molecule has 0 spiro atoms. The van der Waals surface area contributed by atoms with Gasteiger partial charge in [0.15, 0.2) is 0 Å². The number of rotatable bonds is 8. The van der Waals surface area contributed by atoms with Crippen LogP contribution >= 0.6 is 15.9 Å². The third-order valence-corrected chi connectivity index (χ3v) is 3.86. The molecule has 3 N–H and O–H groups in total. The van der Waals surface area contributed by atoms with Gasteiger partial charge in [-0.15, -0.1) is 0 Å². The molecule has 116 valence electrons. The standard InChI is InChI=1S/C14H20BrN3O3/c1-2-10(7-8-16)3-6-14(19)17-12-5-4-11(15)9-13(12)18(20)21/h4-5,9-10H,2-3,6-8,16H2,1H3,(H,17,19). The summed E-state index contributed by atoms with van der Waals surface area (Å²) in [5.74, 6) is 0.205. The number of nitrogens with one attached hydrogen (secondary N) is 1. The lowest BCUT2D eigenvalue weighted by Gasteiger charge is -2.13. The minimum absolute atomic E-state index is 0.119. The number of nitro groups is 1. The largest absolute Gasteiger partial charge is 0.330 e. The van der Waals surface area contributed by atoms with Crippen molar-refractivity contribution in [3.05, 3.63) is 32.8 Å². The van der Waals surface area contributed by atoms with E-state index in [9.17, 15) is 14.9 Å². The van der Waals surface area contributed by atoms with Gasteiger partial charge in [-0.3, -0.25) is 14.9 Å². The van der Waals surface area contributed by atoms with Crippen LogP contribution in [-0.2, 0) is 4.79 Å². The van der Waals surface area contributed by atoms with Crippen molar-refractivity contribution < 1.29 is 9.72 Å². The molecule has 0 saturated carbocycles. The Kier molecular flexibility index (Phi) is 7.31.